The largest absolute Gasteiger partial charge is 0.465 e. The van der Waals surface area contributed by atoms with E-state index in [0.29, 0.717) is 11.1 Å². The Bertz CT molecular complexity index is 2450. The molecule has 4 nitrogen and oxygen atoms in total. The van der Waals surface area contributed by atoms with E-state index in [4.69, 9.17) is 9.47 Å². The minimum absolute atomic E-state index is 0.136. The topological polar surface area (TPSA) is 52.6 Å². The number of carbonyl (C=O) groups is 2. The number of esters is 2. The number of hydrogen-bond acceptors (Lipinski definition) is 6. The molecule has 2 aliphatic rings. The Labute approximate surface area is 438 Å². The van der Waals surface area contributed by atoms with Crippen LogP contribution in [0.25, 0.3) is 43.1 Å². The summed E-state index contributed by atoms with van der Waals surface area (Å²) in [5.41, 5.74) is 15.0. The lowest BCUT2D eigenvalue weighted by molar-refractivity contribution is 0.0593. The molecular formula is C65H88O4S2. The van der Waals surface area contributed by atoms with Gasteiger partial charge in [-0.2, -0.15) is 0 Å². The SMILES string of the molecule is CCCCCCCCCC1(CCCCCCCC)c2cc(-c3sccc3C(=O)OC)ccc2-c2cc3c(cc21)-c1ccc(-c2sccc2C(=O)OC)cc1C3(CCCCCCCC)CCCCCCCC. The maximum atomic E-state index is 13.2. The highest BCUT2D eigenvalue weighted by molar-refractivity contribution is 7.14. The van der Waals surface area contributed by atoms with Gasteiger partial charge in [-0.15, -0.1) is 22.7 Å². The Balaban J connectivity index is 1.42. The average Bonchev–Trinajstić information content (AvgIpc) is 4.20. The van der Waals surface area contributed by atoms with Gasteiger partial charge >= 0.3 is 11.9 Å². The van der Waals surface area contributed by atoms with E-state index >= 15 is 0 Å². The molecule has 0 fully saturated rings. The zero-order valence-electron chi connectivity index (χ0n) is 44.9. The van der Waals surface area contributed by atoms with E-state index < -0.39 is 0 Å². The number of fused-ring (bicyclic) bond motifs is 6. The van der Waals surface area contributed by atoms with Crippen molar-refractivity contribution < 1.29 is 19.1 Å². The minimum Gasteiger partial charge on any atom is -0.465 e. The van der Waals surface area contributed by atoms with E-state index in [0.717, 1.165) is 46.6 Å². The van der Waals surface area contributed by atoms with Crippen LogP contribution in [0.1, 0.15) is 257 Å². The van der Waals surface area contributed by atoms with Crippen LogP contribution in [-0.4, -0.2) is 26.2 Å². The molecule has 1 atom stereocenters. The van der Waals surface area contributed by atoms with Crippen molar-refractivity contribution in [3.63, 3.8) is 0 Å². The lowest BCUT2D eigenvalue weighted by atomic mass is 9.68. The van der Waals surface area contributed by atoms with Gasteiger partial charge in [0.15, 0.2) is 0 Å². The first-order chi connectivity index (χ1) is 34.8. The second-order valence-corrected chi connectivity index (χ2v) is 23.2. The average molecular weight is 998 g/mol. The summed E-state index contributed by atoms with van der Waals surface area (Å²) in [6.45, 7) is 9.25. The zero-order chi connectivity index (χ0) is 50.1. The minimum atomic E-state index is -0.267. The summed E-state index contributed by atoms with van der Waals surface area (Å²) in [5, 5.41) is 4.08. The maximum absolute atomic E-state index is 13.2. The summed E-state index contributed by atoms with van der Waals surface area (Å²) in [4.78, 5) is 28.4. The first-order valence-corrected chi connectivity index (χ1v) is 30.4. The standard InChI is InChI=1S/C65H88O4S2/c1-7-11-15-19-23-27-31-41-65(40-30-26-22-18-14-10-4)57-45-49(61-53(37-43-71-61)63(67)69-6)33-35-51(57)55-46-58-54(47-59(55)65)50-34-32-48(60-52(36-42-70-60)62(66)68-5)44-56(50)64(58,38-28-24-20-16-12-8-2)39-29-25-21-17-13-9-3/h32-37,42-47H,7-31,38-41H2,1-6H3. The number of carbonyl (C=O) groups excluding carboxylic acids is 2. The second-order valence-electron chi connectivity index (χ2n) is 21.4. The first kappa shape index (κ1) is 54.8. The molecular weight excluding hydrogens is 909 g/mol. The van der Waals surface area contributed by atoms with Crippen molar-refractivity contribution >= 4 is 34.6 Å². The summed E-state index contributed by atoms with van der Waals surface area (Å²) < 4.78 is 10.7. The highest BCUT2D eigenvalue weighted by atomic mass is 32.1. The molecule has 0 amide bonds. The van der Waals surface area contributed by atoms with Gasteiger partial charge in [0.2, 0.25) is 0 Å². The normalized spacial score (nSPS) is 15.1. The third kappa shape index (κ3) is 12.5. The van der Waals surface area contributed by atoms with Crippen LogP contribution in [0, 0.1) is 0 Å². The molecule has 0 radical (unpaired) electrons. The van der Waals surface area contributed by atoms with Gasteiger partial charge in [0, 0.05) is 20.6 Å². The van der Waals surface area contributed by atoms with Gasteiger partial charge in [0.1, 0.15) is 0 Å². The second kappa shape index (κ2) is 27.3. The van der Waals surface area contributed by atoms with Gasteiger partial charge in [-0.3, -0.25) is 0 Å². The molecule has 1 unspecified atom stereocenters. The summed E-state index contributed by atoms with van der Waals surface area (Å²) in [5.74, 6) is -0.533. The van der Waals surface area contributed by atoms with Crippen molar-refractivity contribution in [2.24, 2.45) is 0 Å². The molecule has 6 heteroatoms. The van der Waals surface area contributed by atoms with Gasteiger partial charge in [-0.1, -0.05) is 212 Å². The molecule has 3 aromatic carbocycles. The number of hydrogen-bond donors (Lipinski definition) is 0. The van der Waals surface area contributed by atoms with Crippen molar-refractivity contribution in [1.29, 1.82) is 0 Å². The third-order valence-electron chi connectivity index (χ3n) is 16.6. The molecule has 0 aliphatic heterocycles. The molecule has 2 aliphatic carbocycles. The van der Waals surface area contributed by atoms with Gasteiger partial charge < -0.3 is 9.47 Å². The quantitative estimate of drug-likeness (QED) is 0.0310. The fourth-order valence-electron chi connectivity index (χ4n) is 12.7. The van der Waals surface area contributed by atoms with E-state index in [9.17, 15) is 9.59 Å². The molecule has 5 aromatic rings. The summed E-state index contributed by atoms with van der Waals surface area (Å²) in [6, 6.07) is 23.8. The Kier molecular flexibility index (Phi) is 21.1. The van der Waals surface area contributed by atoms with Gasteiger partial charge in [0.25, 0.3) is 0 Å². The van der Waals surface area contributed by atoms with E-state index in [1.165, 1.54) is 219 Å². The van der Waals surface area contributed by atoms with Crippen molar-refractivity contribution in [1.82, 2.24) is 0 Å². The van der Waals surface area contributed by atoms with Crippen LogP contribution in [0.2, 0.25) is 0 Å². The van der Waals surface area contributed by atoms with Crippen molar-refractivity contribution in [2.75, 3.05) is 14.2 Å². The molecule has 0 bridgehead atoms. The Morgan fingerprint density at radius 2 is 0.676 bits per heavy atom. The monoisotopic (exact) mass is 997 g/mol. The van der Waals surface area contributed by atoms with E-state index in [2.05, 4.69) is 76.2 Å². The Hall–Kier alpha value is -4.00. The van der Waals surface area contributed by atoms with E-state index in [-0.39, 0.29) is 22.8 Å². The van der Waals surface area contributed by atoms with Crippen molar-refractivity contribution in [2.45, 2.75) is 225 Å². The van der Waals surface area contributed by atoms with Crippen molar-refractivity contribution in [3.8, 4) is 43.1 Å². The van der Waals surface area contributed by atoms with Gasteiger partial charge in [-0.25, -0.2) is 9.59 Å². The summed E-state index contributed by atoms with van der Waals surface area (Å²) in [7, 11) is 2.99. The number of benzene rings is 3. The molecule has 2 aromatic heterocycles. The lowest BCUT2D eigenvalue weighted by Crippen LogP contribution is -2.27. The number of rotatable bonds is 33. The molecule has 0 saturated heterocycles. The molecule has 71 heavy (non-hydrogen) atoms. The maximum Gasteiger partial charge on any atom is 0.339 e. The fraction of sp³-hybridized carbons (Fsp3) is 0.569. The summed E-state index contributed by atoms with van der Waals surface area (Å²) in [6.07, 6.45) is 36.4. The van der Waals surface area contributed by atoms with Crippen LogP contribution in [0.4, 0.5) is 0 Å². The molecule has 0 spiro atoms. The van der Waals surface area contributed by atoms with Crippen molar-refractivity contribution in [3.05, 3.63) is 105 Å². The zero-order valence-corrected chi connectivity index (χ0v) is 46.5. The fourth-order valence-corrected chi connectivity index (χ4v) is 14.5. The van der Waals surface area contributed by atoms with Gasteiger partial charge in [0.05, 0.1) is 25.3 Å². The Morgan fingerprint density at radius 1 is 0.380 bits per heavy atom. The number of unbranched alkanes of at least 4 members (excludes halogenated alkanes) is 21. The first-order valence-electron chi connectivity index (χ1n) is 28.6. The van der Waals surface area contributed by atoms with Crippen LogP contribution in [-0.2, 0) is 20.3 Å². The molecule has 2 heterocycles. The highest BCUT2D eigenvalue weighted by Crippen LogP contribution is 2.62. The van der Waals surface area contributed by atoms with Crippen LogP contribution >= 0.6 is 22.7 Å². The lowest BCUT2D eigenvalue weighted by Gasteiger charge is -2.35. The number of ether oxygens (including phenoxy) is 2. The highest BCUT2D eigenvalue weighted by Gasteiger charge is 2.48. The predicted octanol–water partition coefficient (Wildman–Crippen LogP) is 20.6. The Morgan fingerprint density at radius 3 is 0.986 bits per heavy atom. The van der Waals surface area contributed by atoms with Gasteiger partial charge in [-0.05, 0) is 128 Å². The van der Waals surface area contributed by atoms with E-state index in [1.54, 1.807) is 22.7 Å². The molecule has 0 N–H and O–H groups in total. The molecule has 384 valence electrons. The predicted molar refractivity (Wildman–Crippen MR) is 305 cm³/mol. The number of methoxy groups -OCH3 is 2. The van der Waals surface area contributed by atoms with Crippen LogP contribution < -0.4 is 0 Å². The van der Waals surface area contributed by atoms with Crippen LogP contribution in [0.15, 0.2) is 71.4 Å². The third-order valence-corrected chi connectivity index (χ3v) is 18.5. The molecule has 0 saturated carbocycles. The van der Waals surface area contributed by atoms with Crippen LogP contribution in [0.5, 0.6) is 0 Å². The number of thiophene rings is 2. The smallest absolute Gasteiger partial charge is 0.339 e. The molecule has 7 rings (SSSR count). The van der Waals surface area contributed by atoms with E-state index in [1.807, 2.05) is 22.9 Å². The summed E-state index contributed by atoms with van der Waals surface area (Å²) >= 11 is 3.30. The van der Waals surface area contributed by atoms with Crippen LogP contribution in [0.3, 0.4) is 0 Å².